The number of nitrogens with zero attached hydrogens (tertiary/aromatic N) is 1. The standard InChI is InChI=1S/C22H28N2O2/c1-15-6-8-19(9-7-15)14-24(18(4)22(26)23-5)21(25)13-20-11-16(2)10-17(3)12-20/h6-12,18H,13-14H2,1-5H3,(H,23,26). The predicted octanol–water partition coefficient (Wildman–Crippen LogP) is 3.32. The van der Waals surface area contributed by atoms with Crippen molar-refractivity contribution in [1.82, 2.24) is 10.2 Å². The summed E-state index contributed by atoms with van der Waals surface area (Å²) in [5.74, 6) is -0.211. The summed E-state index contributed by atoms with van der Waals surface area (Å²) >= 11 is 0. The van der Waals surface area contributed by atoms with Crippen molar-refractivity contribution in [3.8, 4) is 0 Å². The molecule has 0 aliphatic heterocycles. The molecule has 0 fully saturated rings. The monoisotopic (exact) mass is 352 g/mol. The maximum absolute atomic E-state index is 13.0. The van der Waals surface area contributed by atoms with Gasteiger partial charge in [-0.1, -0.05) is 59.2 Å². The van der Waals surface area contributed by atoms with E-state index in [0.29, 0.717) is 6.54 Å². The van der Waals surface area contributed by atoms with Crippen molar-refractivity contribution in [3.63, 3.8) is 0 Å². The van der Waals surface area contributed by atoms with Crippen molar-refractivity contribution in [1.29, 1.82) is 0 Å². The highest BCUT2D eigenvalue weighted by atomic mass is 16.2. The number of amides is 2. The van der Waals surface area contributed by atoms with Crippen molar-refractivity contribution in [2.45, 2.75) is 46.7 Å². The Hall–Kier alpha value is -2.62. The first kappa shape index (κ1) is 19.7. The van der Waals surface area contributed by atoms with Crippen LogP contribution in [-0.4, -0.2) is 29.8 Å². The Morgan fingerprint density at radius 1 is 0.923 bits per heavy atom. The lowest BCUT2D eigenvalue weighted by molar-refractivity contribution is -0.139. The van der Waals surface area contributed by atoms with Gasteiger partial charge in [0, 0.05) is 13.6 Å². The zero-order valence-electron chi connectivity index (χ0n) is 16.3. The highest BCUT2D eigenvalue weighted by Crippen LogP contribution is 2.15. The molecular weight excluding hydrogens is 324 g/mol. The molecular formula is C22H28N2O2. The van der Waals surface area contributed by atoms with E-state index < -0.39 is 6.04 Å². The van der Waals surface area contributed by atoms with E-state index in [2.05, 4.69) is 11.4 Å². The first-order valence-electron chi connectivity index (χ1n) is 8.94. The number of benzene rings is 2. The Kier molecular flexibility index (Phi) is 6.56. The molecule has 0 aromatic heterocycles. The number of carbonyl (C=O) groups is 2. The van der Waals surface area contributed by atoms with Crippen LogP contribution in [0.4, 0.5) is 0 Å². The number of aryl methyl sites for hydroxylation is 3. The molecule has 2 rings (SSSR count). The number of rotatable bonds is 6. The third kappa shape index (κ3) is 5.19. The lowest BCUT2D eigenvalue weighted by Crippen LogP contribution is -2.47. The molecule has 26 heavy (non-hydrogen) atoms. The van der Waals surface area contributed by atoms with Gasteiger partial charge in [0.1, 0.15) is 6.04 Å². The van der Waals surface area contributed by atoms with Gasteiger partial charge in [-0.25, -0.2) is 0 Å². The Morgan fingerprint density at radius 3 is 2.04 bits per heavy atom. The van der Waals surface area contributed by atoms with Gasteiger partial charge < -0.3 is 10.2 Å². The fraction of sp³-hybridized carbons (Fsp3) is 0.364. The molecule has 0 saturated carbocycles. The number of likely N-dealkylation sites (N-methyl/N-ethyl adjacent to an activating group) is 1. The van der Waals surface area contributed by atoms with Crippen molar-refractivity contribution >= 4 is 11.8 Å². The zero-order valence-corrected chi connectivity index (χ0v) is 16.3. The van der Waals surface area contributed by atoms with Gasteiger partial charge in [-0.05, 0) is 38.8 Å². The zero-order chi connectivity index (χ0) is 19.3. The summed E-state index contributed by atoms with van der Waals surface area (Å²) in [6.45, 7) is 8.27. The first-order valence-corrected chi connectivity index (χ1v) is 8.94. The fourth-order valence-electron chi connectivity index (χ4n) is 3.13. The summed E-state index contributed by atoms with van der Waals surface area (Å²) in [5.41, 5.74) is 5.43. The molecule has 0 saturated heterocycles. The van der Waals surface area contributed by atoms with E-state index in [1.807, 2.05) is 57.2 Å². The van der Waals surface area contributed by atoms with E-state index in [1.54, 1.807) is 18.9 Å². The van der Waals surface area contributed by atoms with Crippen molar-refractivity contribution < 1.29 is 9.59 Å². The van der Waals surface area contributed by atoms with E-state index in [1.165, 1.54) is 5.56 Å². The molecule has 1 unspecified atom stereocenters. The van der Waals surface area contributed by atoms with Crippen LogP contribution in [0.2, 0.25) is 0 Å². The third-order valence-electron chi connectivity index (χ3n) is 4.52. The number of carbonyl (C=O) groups excluding carboxylic acids is 2. The summed E-state index contributed by atoms with van der Waals surface area (Å²) < 4.78 is 0. The van der Waals surface area contributed by atoms with Crippen LogP contribution in [-0.2, 0) is 22.6 Å². The fourth-order valence-corrected chi connectivity index (χ4v) is 3.13. The molecule has 4 heteroatoms. The van der Waals surface area contributed by atoms with Crippen molar-refractivity contribution in [2.24, 2.45) is 0 Å². The second kappa shape index (κ2) is 8.65. The normalized spacial score (nSPS) is 11.7. The predicted molar refractivity (Wildman–Crippen MR) is 105 cm³/mol. The summed E-state index contributed by atoms with van der Waals surface area (Å²) in [5, 5.41) is 2.64. The largest absolute Gasteiger partial charge is 0.357 e. The van der Waals surface area contributed by atoms with E-state index in [0.717, 1.165) is 22.3 Å². The Balaban J connectivity index is 2.24. The van der Waals surface area contributed by atoms with Crippen LogP contribution in [0.15, 0.2) is 42.5 Å². The molecule has 2 aromatic carbocycles. The van der Waals surface area contributed by atoms with Crippen LogP contribution in [0.25, 0.3) is 0 Å². The second-order valence-corrected chi connectivity index (χ2v) is 6.97. The minimum absolute atomic E-state index is 0.0494. The molecule has 2 aromatic rings. The number of hydrogen-bond donors (Lipinski definition) is 1. The summed E-state index contributed by atoms with van der Waals surface area (Å²) in [6, 6.07) is 13.7. The van der Waals surface area contributed by atoms with Gasteiger partial charge in [0.2, 0.25) is 11.8 Å². The van der Waals surface area contributed by atoms with Crippen LogP contribution in [0.1, 0.15) is 34.7 Å². The van der Waals surface area contributed by atoms with Gasteiger partial charge in [0.15, 0.2) is 0 Å². The van der Waals surface area contributed by atoms with Crippen molar-refractivity contribution in [3.05, 3.63) is 70.3 Å². The molecule has 0 aliphatic rings. The molecule has 138 valence electrons. The maximum Gasteiger partial charge on any atom is 0.242 e. The average molecular weight is 352 g/mol. The maximum atomic E-state index is 13.0. The molecule has 0 spiro atoms. The molecule has 0 aliphatic carbocycles. The summed E-state index contributed by atoms with van der Waals surface area (Å²) in [6.07, 6.45) is 0.287. The summed E-state index contributed by atoms with van der Waals surface area (Å²) in [7, 11) is 1.59. The minimum atomic E-state index is -0.528. The smallest absolute Gasteiger partial charge is 0.242 e. The average Bonchev–Trinajstić information content (AvgIpc) is 2.58. The van der Waals surface area contributed by atoms with E-state index in [4.69, 9.17) is 0 Å². The van der Waals surface area contributed by atoms with Crippen LogP contribution in [0.5, 0.6) is 0 Å². The van der Waals surface area contributed by atoms with E-state index in [-0.39, 0.29) is 18.2 Å². The number of hydrogen-bond acceptors (Lipinski definition) is 2. The molecule has 0 bridgehead atoms. The minimum Gasteiger partial charge on any atom is -0.357 e. The van der Waals surface area contributed by atoms with Gasteiger partial charge >= 0.3 is 0 Å². The van der Waals surface area contributed by atoms with Crippen LogP contribution in [0, 0.1) is 20.8 Å². The van der Waals surface area contributed by atoms with E-state index >= 15 is 0 Å². The molecule has 1 atom stereocenters. The van der Waals surface area contributed by atoms with Gasteiger partial charge in [-0.2, -0.15) is 0 Å². The molecule has 0 radical (unpaired) electrons. The van der Waals surface area contributed by atoms with Gasteiger partial charge in [-0.15, -0.1) is 0 Å². The number of nitrogens with one attached hydrogen (secondary N) is 1. The second-order valence-electron chi connectivity index (χ2n) is 6.97. The van der Waals surface area contributed by atoms with Gasteiger partial charge in [0.25, 0.3) is 0 Å². The Labute approximate surface area is 156 Å². The first-order chi connectivity index (χ1) is 12.3. The van der Waals surface area contributed by atoms with Crippen molar-refractivity contribution in [2.75, 3.05) is 7.05 Å². The highest BCUT2D eigenvalue weighted by Gasteiger charge is 2.25. The highest BCUT2D eigenvalue weighted by molar-refractivity contribution is 5.88. The quantitative estimate of drug-likeness (QED) is 0.867. The lowest BCUT2D eigenvalue weighted by atomic mass is 10.0. The van der Waals surface area contributed by atoms with Crippen LogP contribution < -0.4 is 5.32 Å². The third-order valence-corrected chi connectivity index (χ3v) is 4.52. The molecule has 4 nitrogen and oxygen atoms in total. The Bertz CT molecular complexity index is 761. The van der Waals surface area contributed by atoms with Crippen LogP contribution in [0.3, 0.4) is 0 Å². The molecule has 0 heterocycles. The Morgan fingerprint density at radius 2 is 1.50 bits per heavy atom. The van der Waals surface area contributed by atoms with Crippen LogP contribution >= 0.6 is 0 Å². The lowest BCUT2D eigenvalue weighted by Gasteiger charge is -2.28. The molecule has 2 amide bonds. The summed E-state index contributed by atoms with van der Waals surface area (Å²) in [4.78, 5) is 26.8. The van der Waals surface area contributed by atoms with E-state index in [9.17, 15) is 9.59 Å². The molecule has 1 N–H and O–H groups in total. The topological polar surface area (TPSA) is 49.4 Å². The van der Waals surface area contributed by atoms with Gasteiger partial charge in [-0.3, -0.25) is 9.59 Å². The van der Waals surface area contributed by atoms with Gasteiger partial charge in [0.05, 0.1) is 6.42 Å². The SMILES string of the molecule is CNC(=O)C(C)N(Cc1ccc(C)cc1)C(=O)Cc1cc(C)cc(C)c1.